The van der Waals surface area contributed by atoms with E-state index in [1.807, 2.05) is 0 Å². The van der Waals surface area contributed by atoms with Gasteiger partial charge >= 0.3 is 0 Å². The minimum Gasteiger partial charge on any atom is -0.384 e. The van der Waals surface area contributed by atoms with Crippen LogP contribution in [-0.4, -0.2) is 9.55 Å². The maximum absolute atomic E-state index is 6.40. The first-order valence-corrected chi connectivity index (χ1v) is 8.48. The van der Waals surface area contributed by atoms with Gasteiger partial charge in [-0.1, -0.05) is 59.3 Å². The summed E-state index contributed by atoms with van der Waals surface area (Å²) in [5.74, 6) is 3.38. The van der Waals surface area contributed by atoms with E-state index in [0.717, 1.165) is 30.4 Å². The summed E-state index contributed by atoms with van der Waals surface area (Å²) in [6.07, 6.45) is 10.4. The van der Waals surface area contributed by atoms with E-state index in [-0.39, 0.29) is 0 Å². The molecule has 0 atom stereocenters. The molecule has 1 aliphatic carbocycles. The maximum atomic E-state index is 6.40. The van der Waals surface area contributed by atoms with E-state index < -0.39 is 0 Å². The molecule has 20 heavy (non-hydrogen) atoms. The molecule has 0 saturated heterocycles. The number of aromatic nitrogens is 2. The van der Waals surface area contributed by atoms with E-state index >= 15 is 0 Å². The summed E-state index contributed by atoms with van der Waals surface area (Å²) in [4.78, 5) is 4.89. The van der Waals surface area contributed by atoms with Crippen molar-refractivity contribution in [2.24, 2.45) is 5.92 Å². The van der Waals surface area contributed by atoms with Crippen LogP contribution >= 0.6 is 0 Å². The summed E-state index contributed by atoms with van der Waals surface area (Å²) in [5.41, 5.74) is 7.56. The Morgan fingerprint density at radius 2 is 1.95 bits per heavy atom. The van der Waals surface area contributed by atoms with Crippen molar-refractivity contribution in [2.75, 3.05) is 5.73 Å². The highest BCUT2D eigenvalue weighted by atomic mass is 15.1. The first kappa shape index (κ1) is 15.4. The second-order valence-electron chi connectivity index (χ2n) is 6.67. The fourth-order valence-corrected chi connectivity index (χ4v) is 3.34. The predicted molar refractivity (Wildman–Crippen MR) is 85.9 cm³/mol. The number of nitrogens with two attached hydrogens (primary N) is 1. The Bertz CT molecular complexity index is 414. The Morgan fingerprint density at radius 3 is 2.55 bits per heavy atom. The molecule has 0 amide bonds. The van der Waals surface area contributed by atoms with Gasteiger partial charge in [-0.05, 0) is 18.8 Å². The molecule has 1 fully saturated rings. The molecule has 0 bridgehead atoms. The van der Waals surface area contributed by atoms with Crippen LogP contribution in [-0.2, 0) is 13.0 Å². The van der Waals surface area contributed by atoms with Gasteiger partial charge in [0.2, 0.25) is 0 Å². The van der Waals surface area contributed by atoms with Crippen molar-refractivity contribution in [3.63, 3.8) is 0 Å². The molecule has 0 radical (unpaired) electrons. The minimum atomic E-state index is 0.453. The van der Waals surface area contributed by atoms with Crippen molar-refractivity contribution < 1.29 is 0 Å². The van der Waals surface area contributed by atoms with E-state index in [0.29, 0.717) is 5.92 Å². The third kappa shape index (κ3) is 3.56. The Labute approximate surface area is 124 Å². The molecule has 3 heteroatoms. The number of hydrogen-bond acceptors (Lipinski definition) is 2. The Kier molecular flexibility index (Phi) is 5.50. The largest absolute Gasteiger partial charge is 0.384 e. The Morgan fingerprint density at radius 1 is 1.25 bits per heavy atom. The quantitative estimate of drug-likeness (QED) is 0.831. The molecule has 1 aromatic rings. The topological polar surface area (TPSA) is 43.8 Å². The second-order valence-corrected chi connectivity index (χ2v) is 6.67. The average Bonchev–Trinajstić information content (AvgIpc) is 2.75. The second kappa shape index (κ2) is 7.14. The van der Waals surface area contributed by atoms with Gasteiger partial charge in [-0.2, -0.15) is 0 Å². The third-order valence-electron chi connectivity index (χ3n) is 4.57. The van der Waals surface area contributed by atoms with Gasteiger partial charge in [0.05, 0.1) is 5.69 Å². The van der Waals surface area contributed by atoms with Gasteiger partial charge in [-0.25, -0.2) is 4.98 Å². The van der Waals surface area contributed by atoms with Crippen LogP contribution in [0.15, 0.2) is 0 Å². The van der Waals surface area contributed by atoms with Crippen molar-refractivity contribution in [2.45, 2.75) is 84.6 Å². The van der Waals surface area contributed by atoms with Crippen LogP contribution in [0.25, 0.3) is 0 Å². The molecule has 2 rings (SSSR count). The lowest BCUT2D eigenvalue weighted by atomic mass is 9.86. The monoisotopic (exact) mass is 277 g/mol. The highest BCUT2D eigenvalue weighted by molar-refractivity contribution is 5.39. The number of anilines is 1. The fraction of sp³-hybridized carbons (Fsp3) is 0.824. The molecule has 0 aromatic carbocycles. The molecule has 2 N–H and O–H groups in total. The van der Waals surface area contributed by atoms with Gasteiger partial charge < -0.3 is 10.3 Å². The number of nitrogen functional groups attached to an aromatic ring is 1. The average molecular weight is 277 g/mol. The Hall–Kier alpha value is -0.990. The van der Waals surface area contributed by atoms with E-state index in [2.05, 4.69) is 25.3 Å². The van der Waals surface area contributed by atoms with E-state index in [1.54, 1.807) is 0 Å². The number of nitrogens with zero attached hydrogens (tertiary/aromatic N) is 2. The number of hydrogen-bond donors (Lipinski definition) is 1. The zero-order valence-electron chi connectivity index (χ0n) is 13.5. The van der Waals surface area contributed by atoms with Gasteiger partial charge in [0.1, 0.15) is 11.6 Å². The molecular formula is C17H31N3. The minimum absolute atomic E-state index is 0.453. The highest BCUT2D eigenvalue weighted by Crippen LogP contribution is 2.30. The van der Waals surface area contributed by atoms with Crippen LogP contribution in [0.2, 0.25) is 0 Å². The van der Waals surface area contributed by atoms with Crippen LogP contribution in [0.1, 0.15) is 83.2 Å². The zero-order chi connectivity index (χ0) is 14.5. The Balaban J connectivity index is 2.15. The molecular weight excluding hydrogens is 246 g/mol. The van der Waals surface area contributed by atoms with Crippen molar-refractivity contribution in [1.82, 2.24) is 9.55 Å². The van der Waals surface area contributed by atoms with Gasteiger partial charge in [-0.15, -0.1) is 0 Å². The normalized spacial score (nSPS) is 17.0. The summed E-state index contributed by atoms with van der Waals surface area (Å²) < 4.78 is 2.27. The third-order valence-corrected chi connectivity index (χ3v) is 4.57. The first-order chi connectivity index (χ1) is 9.63. The van der Waals surface area contributed by atoms with Gasteiger partial charge in [0, 0.05) is 12.5 Å². The predicted octanol–water partition coefficient (Wildman–Crippen LogP) is 4.51. The lowest BCUT2D eigenvalue weighted by Crippen LogP contribution is -2.11. The summed E-state index contributed by atoms with van der Waals surface area (Å²) in [7, 11) is 0. The standard InChI is InChI=1S/C17H31N3/c1-4-5-11-20-16(18)15(19-17(20)13(2)3)12-14-9-7-6-8-10-14/h13-14H,4-12,18H2,1-3H3. The smallest absolute Gasteiger partial charge is 0.126 e. The SMILES string of the molecule is CCCCn1c(C(C)C)nc(CC2CCCCC2)c1N. The molecule has 1 aromatic heterocycles. The molecule has 1 saturated carbocycles. The molecule has 0 spiro atoms. The van der Waals surface area contributed by atoms with Crippen LogP contribution in [0.5, 0.6) is 0 Å². The number of rotatable bonds is 6. The zero-order valence-corrected chi connectivity index (χ0v) is 13.5. The summed E-state index contributed by atoms with van der Waals surface area (Å²) in [6, 6.07) is 0. The molecule has 114 valence electrons. The van der Waals surface area contributed by atoms with Crippen LogP contribution in [0, 0.1) is 5.92 Å². The number of unbranched alkanes of at least 4 members (excludes halogenated alkanes) is 1. The van der Waals surface area contributed by atoms with E-state index in [9.17, 15) is 0 Å². The molecule has 0 aliphatic heterocycles. The lowest BCUT2D eigenvalue weighted by Gasteiger charge is -2.20. The van der Waals surface area contributed by atoms with E-state index in [1.165, 1.54) is 50.8 Å². The molecule has 0 unspecified atom stereocenters. The number of imidazole rings is 1. The van der Waals surface area contributed by atoms with Crippen molar-refractivity contribution in [1.29, 1.82) is 0 Å². The van der Waals surface area contributed by atoms with Crippen molar-refractivity contribution >= 4 is 5.82 Å². The van der Waals surface area contributed by atoms with Gasteiger partial charge in [0.25, 0.3) is 0 Å². The first-order valence-electron chi connectivity index (χ1n) is 8.48. The van der Waals surface area contributed by atoms with Crippen LogP contribution < -0.4 is 5.73 Å². The fourth-order valence-electron chi connectivity index (χ4n) is 3.34. The lowest BCUT2D eigenvalue weighted by molar-refractivity contribution is 0.355. The molecule has 3 nitrogen and oxygen atoms in total. The highest BCUT2D eigenvalue weighted by Gasteiger charge is 2.21. The molecule has 1 aliphatic rings. The van der Waals surface area contributed by atoms with Crippen LogP contribution in [0.3, 0.4) is 0 Å². The maximum Gasteiger partial charge on any atom is 0.126 e. The van der Waals surface area contributed by atoms with E-state index in [4.69, 9.17) is 10.7 Å². The van der Waals surface area contributed by atoms with Crippen LogP contribution in [0.4, 0.5) is 5.82 Å². The summed E-state index contributed by atoms with van der Waals surface area (Å²) in [5, 5.41) is 0. The summed E-state index contributed by atoms with van der Waals surface area (Å²) >= 11 is 0. The van der Waals surface area contributed by atoms with Gasteiger partial charge in [0.15, 0.2) is 0 Å². The summed E-state index contributed by atoms with van der Waals surface area (Å²) in [6.45, 7) is 7.68. The van der Waals surface area contributed by atoms with Gasteiger partial charge in [-0.3, -0.25) is 0 Å². The van der Waals surface area contributed by atoms with Crippen molar-refractivity contribution in [3.05, 3.63) is 11.5 Å². The van der Waals surface area contributed by atoms with Crippen molar-refractivity contribution in [3.8, 4) is 0 Å². The molecule has 1 heterocycles.